The maximum atomic E-state index is 12.3. The summed E-state index contributed by atoms with van der Waals surface area (Å²) in [4.78, 5) is 28.7. The number of oxime groups is 1. The third-order valence-corrected chi connectivity index (χ3v) is 5.27. The highest BCUT2D eigenvalue weighted by atomic mass is 16.7. The maximum absolute atomic E-state index is 12.3. The SMILES string of the molecule is CCCCC(=O)O/N=C1/C(=O)C2CCC1(C)C2(C)C. The highest BCUT2D eigenvalue weighted by Crippen LogP contribution is 2.62. The molecule has 2 aliphatic rings. The van der Waals surface area contributed by atoms with Gasteiger partial charge in [0.25, 0.3) is 0 Å². The Morgan fingerprint density at radius 1 is 1.42 bits per heavy atom. The van der Waals surface area contributed by atoms with E-state index in [9.17, 15) is 9.59 Å². The molecule has 4 heteroatoms. The lowest BCUT2D eigenvalue weighted by atomic mass is 9.70. The van der Waals surface area contributed by atoms with Gasteiger partial charge in [0, 0.05) is 17.8 Å². The number of ketones is 1. The summed E-state index contributed by atoms with van der Waals surface area (Å²) in [6.07, 6.45) is 3.97. The van der Waals surface area contributed by atoms with E-state index in [1.165, 1.54) is 0 Å². The van der Waals surface area contributed by atoms with Crippen molar-refractivity contribution in [1.29, 1.82) is 0 Å². The average molecular weight is 265 g/mol. The van der Waals surface area contributed by atoms with Crippen LogP contribution in [-0.2, 0) is 14.4 Å². The van der Waals surface area contributed by atoms with Crippen LogP contribution in [0.3, 0.4) is 0 Å². The Labute approximate surface area is 114 Å². The van der Waals surface area contributed by atoms with E-state index >= 15 is 0 Å². The average Bonchev–Trinajstić information content (AvgIpc) is 2.65. The van der Waals surface area contributed by atoms with E-state index in [0.29, 0.717) is 12.1 Å². The van der Waals surface area contributed by atoms with Gasteiger partial charge in [-0.25, -0.2) is 4.79 Å². The second-order valence-corrected chi connectivity index (χ2v) is 6.52. The first-order chi connectivity index (χ1) is 8.84. The molecule has 19 heavy (non-hydrogen) atoms. The molecular formula is C15H23NO3. The minimum atomic E-state index is -0.341. The Kier molecular flexibility index (Phi) is 3.54. The van der Waals surface area contributed by atoms with Crippen molar-refractivity contribution in [3.63, 3.8) is 0 Å². The van der Waals surface area contributed by atoms with Gasteiger partial charge < -0.3 is 4.84 Å². The molecule has 2 saturated carbocycles. The summed E-state index contributed by atoms with van der Waals surface area (Å²) >= 11 is 0. The van der Waals surface area contributed by atoms with Gasteiger partial charge in [-0.15, -0.1) is 0 Å². The first-order valence-corrected chi connectivity index (χ1v) is 7.17. The van der Waals surface area contributed by atoms with Crippen LogP contribution >= 0.6 is 0 Å². The van der Waals surface area contributed by atoms with E-state index in [4.69, 9.17) is 4.84 Å². The van der Waals surface area contributed by atoms with Gasteiger partial charge in [0.05, 0.1) is 0 Å². The molecule has 0 aromatic heterocycles. The lowest BCUT2D eigenvalue weighted by Gasteiger charge is -2.32. The van der Waals surface area contributed by atoms with Crippen molar-refractivity contribution in [1.82, 2.24) is 0 Å². The Bertz CT molecular complexity index is 439. The number of carbonyl (C=O) groups excluding carboxylic acids is 2. The minimum Gasteiger partial charge on any atom is -0.318 e. The summed E-state index contributed by atoms with van der Waals surface area (Å²) in [6.45, 7) is 8.31. The Morgan fingerprint density at radius 2 is 2.11 bits per heavy atom. The van der Waals surface area contributed by atoms with Crippen LogP contribution in [0, 0.1) is 16.7 Å². The number of hydrogen-bond donors (Lipinski definition) is 0. The molecule has 0 aliphatic heterocycles. The fourth-order valence-electron chi connectivity index (χ4n) is 3.43. The van der Waals surface area contributed by atoms with Crippen LogP contribution < -0.4 is 0 Å². The van der Waals surface area contributed by atoms with Crippen LogP contribution in [0.25, 0.3) is 0 Å². The van der Waals surface area contributed by atoms with Crippen molar-refractivity contribution in [2.24, 2.45) is 21.9 Å². The molecule has 0 N–H and O–H groups in total. The summed E-state index contributed by atoms with van der Waals surface area (Å²) in [6, 6.07) is 0. The quantitative estimate of drug-likeness (QED) is 0.579. The summed E-state index contributed by atoms with van der Waals surface area (Å²) in [7, 11) is 0. The largest absolute Gasteiger partial charge is 0.335 e. The second kappa shape index (κ2) is 4.73. The van der Waals surface area contributed by atoms with Crippen LogP contribution in [-0.4, -0.2) is 17.5 Å². The minimum absolute atomic E-state index is 0.0330. The Hall–Kier alpha value is -1.19. The lowest BCUT2D eigenvalue weighted by molar-refractivity contribution is -0.143. The van der Waals surface area contributed by atoms with Crippen molar-refractivity contribution in [2.45, 2.75) is 59.8 Å². The van der Waals surface area contributed by atoms with Gasteiger partial charge in [-0.3, -0.25) is 4.79 Å². The molecule has 2 aliphatic carbocycles. The summed E-state index contributed by atoms with van der Waals surface area (Å²) in [5.41, 5.74) is 0.136. The van der Waals surface area contributed by atoms with E-state index in [2.05, 4.69) is 25.9 Å². The van der Waals surface area contributed by atoms with Gasteiger partial charge >= 0.3 is 5.97 Å². The zero-order valence-electron chi connectivity index (χ0n) is 12.3. The van der Waals surface area contributed by atoms with Crippen molar-refractivity contribution in [2.75, 3.05) is 0 Å². The van der Waals surface area contributed by atoms with E-state index in [-0.39, 0.29) is 28.5 Å². The molecule has 0 spiro atoms. The molecule has 106 valence electrons. The Morgan fingerprint density at radius 3 is 2.63 bits per heavy atom. The van der Waals surface area contributed by atoms with Gasteiger partial charge in [0.15, 0.2) is 5.78 Å². The zero-order valence-corrected chi connectivity index (χ0v) is 12.3. The molecule has 0 aromatic rings. The van der Waals surface area contributed by atoms with Crippen molar-refractivity contribution >= 4 is 17.5 Å². The third kappa shape index (κ3) is 2.01. The topological polar surface area (TPSA) is 55.7 Å². The predicted octanol–water partition coefficient (Wildman–Crippen LogP) is 3.10. The molecule has 2 bridgehead atoms. The highest BCUT2D eigenvalue weighted by molar-refractivity contribution is 6.45. The number of rotatable bonds is 4. The van der Waals surface area contributed by atoms with E-state index in [1.807, 2.05) is 6.92 Å². The predicted molar refractivity (Wildman–Crippen MR) is 72.7 cm³/mol. The third-order valence-electron chi connectivity index (χ3n) is 5.27. The second-order valence-electron chi connectivity index (χ2n) is 6.52. The Balaban J connectivity index is 2.13. The molecule has 0 amide bonds. The number of carbonyl (C=O) groups is 2. The molecule has 2 rings (SSSR count). The van der Waals surface area contributed by atoms with Crippen LogP contribution in [0.4, 0.5) is 0 Å². The molecule has 0 aromatic carbocycles. The van der Waals surface area contributed by atoms with Crippen molar-refractivity contribution < 1.29 is 14.4 Å². The molecule has 4 nitrogen and oxygen atoms in total. The van der Waals surface area contributed by atoms with Crippen molar-refractivity contribution in [3.05, 3.63) is 0 Å². The van der Waals surface area contributed by atoms with Crippen LogP contribution in [0.2, 0.25) is 0 Å². The molecule has 2 unspecified atom stereocenters. The molecular weight excluding hydrogens is 242 g/mol. The van der Waals surface area contributed by atoms with Gasteiger partial charge in [-0.2, -0.15) is 0 Å². The normalized spacial score (nSPS) is 34.0. The van der Waals surface area contributed by atoms with Gasteiger partial charge in [0.2, 0.25) is 0 Å². The van der Waals surface area contributed by atoms with Crippen LogP contribution in [0.15, 0.2) is 5.16 Å². The molecule has 0 saturated heterocycles. The summed E-state index contributed by atoms with van der Waals surface area (Å²) in [5.74, 6) is -0.237. The monoisotopic (exact) mass is 265 g/mol. The first-order valence-electron chi connectivity index (χ1n) is 7.17. The van der Waals surface area contributed by atoms with Gasteiger partial charge in [-0.1, -0.05) is 39.3 Å². The van der Waals surface area contributed by atoms with Crippen molar-refractivity contribution in [3.8, 4) is 0 Å². The maximum Gasteiger partial charge on any atom is 0.335 e. The molecule has 2 fully saturated rings. The smallest absolute Gasteiger partial charge is 0.318 e. The number of unbranched alkanes of at least 4 members (excludes halogenated alkanes) is 1. The lowest BCUT2D eigenvalue weighted by Crippen LogP contribution is -2.34. The van der Waals surface area contributed by atoms with Crippen LogP contribution in [0.5, 0.6) is 0 Å². The summed E-state index contributed by atoms with van der Waals surface area (Å²) in [5, 5.41) is 3.92. The number of hydrogen-bond acceptors (Lipinski definition) is 4. The first kappa shape index (κ1) is 14.2. The zero-order chi connectivity index (χ0) is 14.3. The van der Waals surface area contributed by atoms with E-state index < -0.39 is 0 Å². The summed E-state index contributed by atoms with van der Waals surface area (Å²) < 4.78 is 0. The van der Waals surface area contributed by atoms with Gasteiger partial charge in [-0.05, 0) is 24.7 Å². The fraction of sp³-hybridized carbons (Fsp3) is 0.800. The van der Waals surface area contributed by atoms with E-state index in [0.717, 1.165) is 25.7 Å². The number of nitrogens with zero attached hydrogens (tertiary/aromatic N) is 1. The van der Waals surface area contributed by atoms with Crippen LogP contribution in [0.1, 0.15) is 59.8 Å². The van der Waals surface area contributed by atoms with Gasteiger partial charge in [0.1, 0.15) is 5.71 Å². The van der Waals surface area contributed by atoms with E-state index in [1.54, 1.807) is 0 Å². The fourth-order valence-corrected chi connectivity index (χ4v) is 3.43. The molecule has 0 heterocycles. The molecule has 0 radical (unpaired) electrons. The standard InChI is InChI=1S/C15H23NO3/c1-5-6-7-11(17)19-16-13-12(18)10-8-9-15(13,4)14(10,2)3/h10H,5-9H2,1-4H3/b16-13-. The highest BCUT2D eigenvalue weighted by Gasteiger charge is 2.65. The number of Topliss-reactive ketones (excluding diaryl/α,β-unsaturated/α-hetero) is 1. The number of fused-ring (bicyclic) bond motifs is 2. The molecule has 2 atom stereocenters.